The highest BCUT2D eigenvalue weighted by molar-refractivity contribution is 5.91. The fourth-order valence-electron chi connectivity index (χ4n) is 0.874. The molecule has 0 aliphatic heterocycles. The van der Waals surface area contributed by atoms with Crippen LogP contribution in [0.15, 0.2) is 24.3 Å². The van der Waals surface area contributed by atoms with Crippen molar-refractivity contribution in [2.45, 2.75) is 6.36 Å². The number of rotatable bonds is 2. The smallest absolute Gasteiger partial charge is 0.369 e. The third-order valence-electron chi connectivity index (χ3n) is 1.42. The standard InChI is InChI=1S/C9H4F3O3/c10-9(11,12)15-8(14)7-3-1-2-6(4-7)5-13/h1-4H. The van der Waals surface area contributed by atoms with Crippen LogP contribution in [0.2, 0.25) is 0 Å². The molecule has 1 aromatic rings. The average molecular weight is 217 g/mol. The first-order chi connectivity index (χ1) is 6.92. The maximum absolute atomic E-state index is 11.7. The number of esters is 1. The summed E-state index contributed by atoms with van der Waals surface area (Å²) in [6, 6.07) is 4.63. The molecule has 3 nitrogen and oxygen atoms in total. The summed E-state index contributed by atoms with van der Waals surface area (Å²) in [4.78, 5) is 21.0. The summed E-state index contributed by atoms with van der Waals surface area (Å²) >= 11 is 0. The molecule has 15 heavy (non-hydrogen) atoms. The molecule has 0 aromatic heterocycles. The highest BCUT2D eigenvalue weighted by Crippen LogP contribution is 2.18. The number of ether oxygens (including phenoxy) is 1. The van der Waals surface area contributed by atoms with E-state index >= 15 is 0 Å². The van der Waals surface area contributed by atoms with Crippen LogP contribution in [-0.4, -0.2) is 18.6 Å². The van der Waals surface area contributed by atoms with Gasteiger partial charge in [0.2, 0.25) is 6.29 Å². The molecular weight excluding hydrogens is 213 g/mol. The Kier molecular flexibility index (Phi) is 3.08. The molecule has 1 aromatic carbocycles. The number of hydrogen-bond acceptors (Lipinski definition) is 3. The molecule has 0 N–H and O–H groups in total. The summed E-state index contributed by atoms with van der Waals surface area (Å²) in [7, 11) is 0. The quantitative estimate of drug-likeness (QED) is 0.709. The molecule has 0 fully saturated rings. The van der Waals surface area contributed by atoms with Crippen LogP contribution in [0, 0.1) is 0 Å². The van der Waals surface area contributed by atoms with Crippen LogP contribution in [0.1, 0.15) is 15.9 Å². The molecule has 0 unspecified atom stereocenters. The molecule has 1 radical (unpaired) electrons. The van der Waals surface area contributed by atoms with Crippen LogP contribution < -0.4 is 0 Å². The van der Waals surface area contributed by atoms with Gasteiger partial charge in [-0.2, -0.15) is 0 Å². The molecule has 0 heterocycles. The maximum Gasteiger partial charge on any atom is 0.575 e. The lowest BCUT2D eigenvalue weighted by Gasteiger charge is -2.06. The highest BCUT2D eigenvalue weighted by Gasteiger charge is 2.34. The summed E-state index contributed by atoms with van der Waals surface area (Å²) in [5.41, 5.74) is -0.375. The van der Waals surface area contributed by atoms with Gasteiger partial charge < -0.3 is 4.74 Å². The lowest BCUT2D eigenvalue weighted by Crippen LogP contribution is -2.19. The SMILES string of the molecule is O=[C]c1cccc(C(=O)OC(F)(F)F)c1. The van der Waals surface area contributed by atoms with Gasteiger partial charge in [0.25, 0.3) is 0 Å². The minimum atomic E-state index is -5.03. The van der Waals surface area contributed by atoms with Gasteiger partial charge in [-0.1, -0.05) is 12.1 Å². The molecule has 0 amide bonds. The minimum Gasteiger partial charge on any atom is -0.369 e. The normalized spacial score (nSPS) is 10.9. The zero-order valence-corrected chi connectivity index (χ0v) is 7.17. The summed E-state index contributed by atoms with van der Waals surface area (Å²) in [6.45, 7) is 0. The number of benzene rings is 1. The number of alkyl halides is 3. The van der Waals surface area contributed by atoms with Gasteiger partial charge in [-0.25, -0.2) is 4.79 Å². The molecule has 79 valence electrons. The summed E-state index contributed by atoms with van der Waals surface area (Å²) in [5.74, 6) is -1.56. The largest absolute Gasteiger partial charge is 0.575 e. The van der Waals surface area contributed by atoms with Crippen molar-refractivity contribution in [3.8, 4) is 0 Å². The van der Waals surface area contributed by atoms with E-state index in [1.807, 2.05) is 0 Å². The Balaban J connectivity index is 2.87. The fraction of sp³-hybridized carbons (Fsp3) is 0.111. The lowest BCUT2D eigenvalue weighted by molar-refractivity contribution is -0.291. The molecule has 0 aliphatic carbocycles. The number of halogens is 3. The predicted octanol–water partition coefficient (Wildman–Crippen LogP) is 1.82. The fourth-order valence-corrected chi connectivity index (χ4v) is 0.874. The van der Waals surface area contributed by atoms with E-state index in [0.717, 1.165) is 12.1 Å². The van der Waals surface area contributed by atoms with Crippen molar-refractivity contribution in [3.05, 3.63) is 35.4 Å². The Bertz CT molecular complexity index is 384. The average Bonchev–Trinajstić information content (AvgIpc) is 2.15. The van der Waals surface area contributed by atoms with Crippen molar-refractivity contribution in [1.82, 2.24) is 0 Å². The van der Waals surface area contributed by atoms with E-state index in [2.05, 4.69) is 4.74 Å². The van der Waals surface area contributed by atoms with Crippen molar-refractivity contribution in [3.63, 3.8) is 0 Å². The van der Waals surface area contributed by atoms with Gasteiger partial charge in [0.05, 0.1) is 5.56 Å². The second-order valence-corrected chi connectivity index (χ2v) is 2.52. The lowest BCUT2D eigenvalue weighted by atomic mass is 10.1. The van der Waals surface area contributed by atoms with Gasteiger partial charge >= 0.3 is 12.3 Å². The van der Waals surface area contributed by atoms with E-state index in [1.165, 1.54) is 18.4 Å². The molecule has 0 bridgehead atoms. The molecule has 0 aliphatic rings. The molecule has 0 saturated carbocycles. The summed E-state index contributed by atoms with van der Waals surface area (Å²) < 4.78 is 38.1. The molecular formula is C9H4F3O3. The molecule has 0 saturated heterocycles. The van der Waals surface area contributed by atoms with Gasteiger partial charge in [0.15, 0.2) is 0 Å². The van der Waals surface area contributed by atoms with Crippen molar-refractivity contribution < 1.29 is 27.5 Å². The third kappa shape index (κ3) is 3.41. The van der Waals surface area contributed by atoms with Crippen LogP contribution in [0.3, 0.4) is 0 Å². The second-order valence-electron chi connectivity index (χ2n) is 2.52. The topological polar surface area (TPSA) is 43.4 Å². The van der Waals surface area contributed by atoms with Gasteiger partial charge in [-0.3, -0.25) is 4.79 Å². The Morgan fingerprint density at radius 1 is 1.33 bits per heavy atom. The van der Waals surface area contributed by atoms with Crippen LogP contribution >= 0.6 is 0 Å². The Morgan fingerprint density at radius 2 is 2.00 bits per heavy atom. The molecule has 6 heteroatoms. The summed E-state index contributed by atoms with van der Waals surface area (Å²) in [5, 5.41) is 0. The van der Waals surface area contributed by atoms with Gasteiger partial charge in [-0.05, 0) is 12.1 Å². The zero-order chi connectivity index (χ0) is 11.5. The first-order valence-electron chi connectivity index (χ1n) is 3.70. The van der Waals surface area contributed by atoms with Crippen molar-refractivity contribution >= 4 is 12.3 Å². The van der Waals surface area contributed by atoms with Crippen molar-refractivity contribution in [2.75, 3.05) is 0 Å². The van der Waals surface area contributed by atoms with E-state index in [0.29, 0.717) is 0 Å². The third-order valence-corrected chi connectivity index (χ3v) is 1.42. The van der Waals surface area contributed by atoms with Crippen LogP contribution in [0.4, 0.5) is 13.2 Å². The number of hydrogen-bond donors (Lipinski definition) is 0. The van der Waals surface area contributed by atoms with Gasteiger partial charge in [0, 0.05) is 5.56 Å². The monoisotopic (exact) mass is 217 g/mol. The Morgan fingerprint density at radius 3 is 2.53 bits per heavy atom. The van der Waals surface area contributed by atoms with Gasteiger partial charge in [0.1, 0.15) is 0 Å². The van der Waals surface area contributed by atoms with E-state index in [4.69, 9.17) is 0 Å². The zero-order valence-electron chi connectivity index (χ0n) is 7.17. The first kappa shape index (κ1) is 11.2. The minimum absolute atomic E-state index is 0.0216. The van der Waals surface area contributed by atoms with E-state index in [9.17, 15) is 22.8 Å². The van der Waals surface area contributed by atoms with E-state index in [-0.39, 0.29) is 11.1 Å². The molecule has 0 spiro atoms. The Labute approximate surface area is 82.5 Å². The van der Waals surface area contributed by atoms with Crippen LogP contribution in [-0.2, 0) is 9.53 Å². The highest BCUT2D eigenvalue weighted by atomic mass is 19.4. The number of carbonyl (C=O) groups excluding carboxylic acids is 2. The molecule has 1 rings (SSSR count). The van der Waals surface area contributed by atoms with E-state index in [1.54, 1.807) is 0 Å². The predicted molar refractivity (Wildman–Crippen MR) is 42.7 cm³/mol. The molecule has 0 atom stereocenters. The Hall–Kier alpha value is -1.85. The van der Waals surface area contributed by atoms with Crippen LogP contribution in [0.5, 0.6) is 0 Å². The van der Waals surface area contributed by atoms with Crippen molar-refractivity contribution in [1.29, 1.82) is 0 Å². The van der Waals surface area contributed by atoms with Crippen LogP contribution in [0.25, 0.3) is 0 Å². The van der Waals surface area contributed by atoms with Gasteiger partial charge in [-0.15, -0.1) is 13.2 Å². The maximum atomic E-state index is 11.7. The van der Waals surface area contributed by atoms with Crippen molar-refractivity contribution in [2.24, 2.45) is 0 Å². The summed E-state index contributed by atoms with van der Waals surface area (Å²) in [6.07, 6.45) is -3.58. The van der Waals surface area contributed by atoms with E-state index < -0.39 is 12.3 Å². The first-order valence-corrected chi connectivity index (χ1v) is 3.70. The number of carbonyl (C=O) groups is 1. The second kappa shape index (κ2) is 4.12.